The van der Waals surface area contributed by atoms with Crippen molar-refractivity contribution in [3.63, 3.8) is 0 Å². The molecule has 1 aliphatic rings. The Kier molecular flexibility index (Phi) is 4.98. The van der Waals surface area contributed by atoms with Gasteiger partial charge in [0.25, 0.3) is 5.91 Å². The van der Waals surface area contributed by atoms with Crippen molar-refractivity contribution in [1.82, 2.24) is 9.80 Å². The van der Waals surface area contributed by atoms with E-state index in [2.05, 4.69) is 5.32 Å². The van der Waals surface area contributed by atoms with Crippen LogP contribution < -0.4 is 15.5 Å². The third-order valence-electron chi connectivity index (χ3n) is 4.67. The number of hydrogen-bond donors (Lipinski definition) is 4. The van der Waals surface area contributed by atoms with E-state index >= 15 is 0 Å². The average Bonchev–Trinajstić information content (AvgIpc) is 2.91. The third kappa shape index (κ3) is 3.63. The lowest BCUT2D eigenvalue weighted by Gasteiger charge is -2.25. The van der Waals surface area contributed by atoms with Crippen molar-refractivity contribution in [3.8, 4) is 0 Å². The highest BCUT2D eigenvalue weighted by molar-refractivity contribution is 6.13. The molecule has 2 aromatic carbocycles. The number of nitrogens with one attached hydrogen (secondary N) is 2. The van der Waals surface area contributed by atoms with Gasteiger partial charge < -0.3 is 16.2 Å². The monoisotopic (exact) mass is 380 g/mol. The average molecular weight is 380 g/mol. The summed E-state index contributed by atoms with van der Waals surface area (Å²) in [5.41, 5.74) is 9.14. The maximum atomic E-state index is 12.3. The standard InChI is InChI=1S/C20H21N5O3/c1-25(2)16-8-7-14(20(28)23-10-9-17(26)27)11-15(16)24-19(25)13-5-3-12(4-6-13)18(21)22/h3-8,11H,9-10H2,1-2H3,(H4-,21,22,23,26,27,28)/p+1. The van der Waals surface area contributed by atoms with Gasteiger partial charge in [0.15, 0.2) is 5.69 Å². The molecule has 0 saturated heterocycles. The van der Waals surface area contributed by atoms with Gasteiger partial charge in [0.2, 0.25) is 5.84 Å². The van der Waals surface area contributed by atoms with Crippen LogP contribution in [0, 0.1) is 5.41 Å². The summed E-state index contributed by atoms with van der Waals surface area (Å²) in [5.74, 6) is -0.466. The number of carbonyl (C=O) groups is 2. The van der Waals surface area contributed by atoms with Crippen molar-refractivity contribution in [2.75, 3.05) is 20.6 Å². The highest BCUT2D eigenvalue weighted by atomic mass is 16.4. The van der Waals surface area contributed by atoms with Crippen LogP contribution in [0.25, 0.3) is 0 Å². The highest BCUT2D eigenvalue weighted by Crippen LogP contribution is 2.40. The van der Waals surface area contributed by atoms with Crippen LogP contribution >= 0.6 is 0 Å². The normalized spacial score (nSPS) is 14.1. The van der Waals surface area contributed by atoms with E-state index in [9.17, 15) is 9.59 Å². The Morgan fingerprint density at radius 2 is 1.79 bits per heavy atom. The van der Waals surface area contributed by atoms with E-state index in [1.807, 2.05) is 32.3 Å². The van der Waals surface area contributed by atoms with Crippen LogP contribution in [-0.4, -0.2) is 49.3 Å². The molecule has 0 spiro atoms. The molecule has 0 unspecified atom stereocenters. The number of amides is 1. The Balaban J connectivity index is 1.88. The molecule has 0 fully saturated rings. The number of rotatable bonds is 6. The number of aliphatic imine (C=N–C) groups is 1. The van der Waals surface area contributed by atoms with Gasteiger partial charge in [-0.1, -0.05) is 12.1 Å². The van der Waals surface area contributed by atoms with Gasteiger partial charge in [-0.15, -0.1) is 0 Å². The molecule has 0 aliphatic carbocycles. The third-order valence-corrected chi connectivity index (χ3v) is 4.67. The van der Waals surface area contributed by atoms with Gasteiger partial charge in [0.1, 0.15) is 11.5 Å². The number of quaternary nitrogens is 1. The second-order valence-corrected chi connectivity index (χ2v) is 6.98. The molecular formula is C20H22N5O3+. The number of carboxylic acids is 1. The number of fused-ring (bicyclic) bond motifs is 1. The largest absolute Gasteiger partial charge is 0.481 e. The minimum absolute atomic E-state index is 0.00972. The summed E-state index contributed by atoms with van der Waals surface area (Å²) >= 11 is 0. The van der Waals surface area contributed by atoms with E-state index < -0.39 is 5.97 Å². The van der Waals surface area contributed by atoms with Gasteiger partial charge in [-0.3, -0.25) is 15.0 Å². The number of amidine groups is 2. The van der Waals surface area contributed by atoms with E-state index in [0.29, 0.717) is 21.3 Å². The molecule has 1 aliphatic heterocycles. The number of nitrogens with zero attached hydrogens (tertiary/aromatic N) is 2. The summed E-state index contributed by atoms with van der Waals surface area (Å²) in [6, 6.07) is 12.6. The van der Waals surface area contributed by atoms with E-state index in [0.717, 1.165) is 17.1 Å². The van der Waals surface area contributed by atoms with Crippen molar-refractivity contribution >= 4 is 34.9 Å². The number of carboxylic acid groups (broad SMARTS) is 1. The maximum Gasteiger partial charge on any atom is 0.305 e. The summed E-state index contributed by atoms with van der Waals surface area (Å²) in [6.07, 6.45) is -0.126. The van der Waals surface area contributed by atoms with Crippen LogP contribution in [-0.2, 0) is 4.79 Å². The molecular weight excluding hydrogens is 358 g/mol. The summed E-state index contributed by atoms with van der Waals surface area (Å²) in [6.45, 7) is 0.0732. The van der Waals surface area contributed by atoms with Gasteiger partial charge in [0.05, 0.1) is 26.1 Å². The van der Waals surface area contributed by atoms with E-state index in [1.54, 1.807) is 24.3 Å². The Bertz CT molecular complexity index is 993. The molecule has 3 rings (SSSR count). The number of benzene rings is 2. The number of hydrogen-bond acceptors (Lipinski definition) is 4. The van der Waals surface area contributed by atoms with Gasteiger partial charge in [-0.25, -0.2) is 4.48 Å². The molecule has 28 heavy (non-hydrogen) atoms. The SMILES string of the molecule is C[N+]1(C)C(c2ccc(C(=N)N)cc2)=Nc2cc(C(=O)NCCC(=O)O)ccc21. The van der Waals surface area contributed by atoms with Crippen LogP contribution in [0.2, 0.25) is 0 Å². The van der Waals surface area contributed by atoms with Gasteiger partial charge in [-0.05, 0) is 24.3 Å². The number of nitrogens with two attached hydrogens (primary N) is 1. The zero-order valence-electron chi connectivity index (χ0n) is 15.7. The van der Waals surface area contributed by atoms with Crippen LogP contribution in [0.3, 0.4) is 0 Å². The Labute approximate surface area is 162 Å². The summed E-state index contributed by atoms with van der Waals surface area (Å²) < 4.78 is 0.412. The minimum atomic E-state index is -0.960. The fourth-order valence-electron chi connectivity index (χ4n) is 3.15. The molecule has 0 saturated carbocycles. The van der Waals surface area contributed by atoms with Gasteiger partial charge in [0, 0.05) is 23.7 Å². The topological polar surface area (TPSA) is 129 Å². The fourth-order valence-corrected chi connectivity index (χ4v) is 3.15. The lowest BCUT2D eigenvalue weighted by atomic mass is 10.1. The summed E-state index contributed by atoms with van der Waals surface area (Å²) in [5, 5.41) is 18.8. The number of nitrogen functional groups attached to an aromatic ring is 1. The van der Waals surface area contributed by atoms with Crippen molar-refractivity contribution in [1.29, 1.82) is 5.41 Å². The second-order valence-electron chi connectivity index (χ2n) is 6.98. The lowest BCUT2D eigenvalue weighted by molar-refractivity contribution is -0.136. The molecule has 1 amide bonds. The molecule has 0 aromatic heterocycles. The first-order valence-corrected chi connectivity index (χ1v) is 8.73. The molecule has 1 heterocycles. The van der Waals surface area contributed by atoms with Crippen LogP contribution in [0.15, 0.2) is 47.5 Å². The second kappa shape index (κ2) is 7.24. The van der Waals surface area contributed by atoms with Crippen LogP contribution in [0.5, 0.6) is 0 Å². The summed E-state index contributed by atoms with van der Waals surface area (Å²) in [4.78, 5) is 27.6. The number of aliphatic carboxylic acids is 1. The van der Waals surface area contributed by atoms with Crippen LogP contribution in [0.4, 0.5) is 11.4 Å². The molecule has 144 valence electrons. The first-order valence-electron chi connectivity index (χ1n) is 8.73. The first kappa shape index (κ1) is 19.2. The molecule has 8 heteroatoms. The van der Waals surface area contributed by atoms with Crippen molar-refractivity contribution in [3.05, 3.63) is 59.2 Å². The molecule has 8 nitrogen and oxygen atoms in total. The van der Waals surface area contributed by atoms with E-state index in [4.69, 9.17) is 21.2 Å². The first-order chi connectivity index (χ1) is 13.2. The van der Waals surface area contributed by atoms with Gasteiger partial charge >= 0.3 is 5.97 Å². The van der Waals surface area contributed by atoms with Crippen molar-refractivity contribution in [2.24, 2.45) is 10.7 Å². The molecule has 2 aromatic rings. The Morgan fingerprint density at radius 1 is 1.14 bits per heavy atom. The highest BCUT2D eigenvalue weighted by Gasteiger charge is 2.37. The predicted molar refractivity (Wildman–Crippen MR) is 108 cm³/mol. The molecule has 0 atom stereocenters. The Hall–Kier alpha value is -3.52. The van der Waals surface area contributed by atoms with Crippen molar-refractivity contribution < 1.29 is 14.7 Å². The van der Waals surface area contributed by atoms with Crippen molar-refractivity contribution in [2.45, 2.75) is 6.42 Å². The zero-order chi connectivity index (χ0) is 20.5. The minimum Gasteiger partial charge on any atom is -0.481 e. The maximum absolute atomic E-state index is 12.3. The smallest absolute Gasteiger partial charge is 0.305 e. The van der Waals surface area contributed by atoms with Crippen LogP contribution in [0.1, 0.15) is 27.9 Å². The Morgan fingerprint density at radius 3 is 2.39 bits per heavy atom. The van der Waals surface area contributed by atoms with E-state index in [1.165, 1.54) is 0 Å². The fraction of sp³-hybridized carbons (Fsp3) is 0.200. The lowest BCUT2D eigenvalue weighted by Crippen LogP contribution is -2.44. The quantitative estimate of drug-likeness (QED) is 0.346. The number of carbonyl (C=O) groups excluding carboxylic acids is 1. The van der Waals surface area contributed by atoms with Gasteiger partial charge in [-0.2, -0.15) is 4.99 Å². The summed E-state index contributed by atoms with van der Waals surface area (Å²) in [7, 11) is 4.02. The predicted octanol–water partition coefficient (Wildman–Crippen LogP) is 1.83. The molecule has 0 bridgehead atoms. The molecule has 5 N–H and O–H groups in total. The van der Waals surface area contributed by atoms with E-state index in [-0.39, 0.29) is 24.7 Å². The molecule has 0 radical (unpaired) electrons. The zero-order valence-corrected chi connectivity index (χ0v) is 15.7.